The maximum Gasteiger partial charge on any atom is 0.260 e. The fraction of sp³-hybridized carbons (Fsp3) is 0.261. The molecule has 0 spiro atoms. The third-order valence-electron chi connectivity index (χ3n) is 5.20. The van der Waals surface area contributed by atoms with E-state index in [0.717, 1.165) is 16.8 Å². The van der Waals surface area contributed by atoms with Crippen molar-refractivity contribution in [2.75, 3.05) is 19.5 Å². The van der Waals surface area contributed by atoms with Crippen LogP contribution in [0.3, 0.4) is 0 Å². The van der Waals surface area contributed by atoms with Gasteiger partial charge in [-0.25, -0.2) is 9.07 Å². The molecule has 1 aliphatic heterocycles. The topological polar surface area (TPSA) is 94.5 Å². The Bertz CT molecular complexity index is 1180. The molecule has 1 aliphatic rings. The van der Waals surface area contributed by atoms with Crippen molar-refractivity contribution in [1.82, 2.24) is 15.1 Å². The molecule has 0 saturated heterocycles. The predicted octanol–water partition coefficient (Wildman–Crippen LogP) is 3.35. The third kappa shape index (κ3) is 5.11. The number of amides is 2. The summed E-state index contributed by atoms with van der Waals surface area (Å²) < 4.78 is 25.1. The average Bonchev–Trinajstić information content (AvgIpc) is 3.40. The van der Waals surface area contributed by atoms with Crippen molar-refractivity contribution >= 4 is 29.4 Å². The van der Waals surface area contributed by atoms with Crippen LogP contribution in [0.4, 0.5) is 10.2 Å². The highest BCUT2D eigenvalue weighted by Crippen LogP contribution is 2.35. The molecule has 0 bridgehead atoms. The van der Waals surface area contributed by atoms with E-state index in [0.29, 0.717) is 34.4 Å². The standard InChI is InChI=1S/C23H23FN4O4S/c1-31-16-7-8-17(20(9-16)32-2)23(30)26-22-18-12-33-13-19(18)27-28(22)11-21(29)25-10-14-3-5-15(24)6-4-14/h3-9H,10-13H2,1-2H3,(H,25,29)(H,26,30). The predicted molar refractivity (Wildman–Crippen MR) is 123 cm³/mol. The molecule has 0 radical (unpaired) electrons. The third-order valence-corrected chi connectivity index (χ3v) is 6.17. The molecule has 10 heteroatoms. The van der Waals surface area contributed by atoms with Gasteiger partial charge in [0, 0.05) is 29.7 Å². The number of ether oxygens (including phenoxy) is 2. The number of nitrogens with zero attached hydrogens (tertiary/aromatic N) is 2. The Morgan fingerprint density at radius 3 is 2.64 bits per heavy atom. The average molecular weight is 471 g/mol. The van der Waals surface area contributed by atoms with Gasteiger partial charge in [0.2, 0.25) is 5.91 Å². The Labute approximate surface area is 194 Å². The zero-order chi connectivity index (χ0) is 23.4. The number of hydrogen-bond acceptors (Lipinski definition) is 6. The number of hydrogen-bond donors (Lipinski definition) is 2. The molecular weight excluding hydrogens is 447 g/mol. The van der Waals surface area contributed by atoms with Crippen LogP contribution in [-0.4, -0.2) is 35.8 Å². The van der Waals surface area contributed by atoms with Crippen LogP contribution in [0.2, 0.25) is 0 Å². The van der Waals surface area contributed by atoms with E-state index in [1.165, 1.54) is 31.0 Å². The molecule has 2 N–H and O–H groups in total. The second kappa shape index (κ2) is 9.95. The van der Waals surface area contributed by atoms with E-state index in [1.807, 2.05) is 0 Å². The van der Waals surface area contributed by atoms with Crippen LogP contribution in [0.5, 0.6) is 11.5 Å². The number of nitrogens with one attached hydrogen (secondary N) is 2. The van der Waals surface area contributed by atoms with Crippen LogP contribution in [0.15, 0.2) is 42.5 Å². The highest BCUT2D eigenvalue weighted by atomic mass is 32.2. The molecule has 1 aromatic heterocycles. The van der Waals surface area contributed by atoms with E-state index in [2.05, 4.69) is 15.7 Å². The Morgan fingerprint density at radius 2 is 1.91 bits per heavy atom. The maximum atomic E-state index is 13.1. The van der Waals surface area contributed by atoms with Crippen molar-refractivity contribution in [1.29, 1.82) is 0 Å². The summed E-state index contributed by atoms with van der Waals surface area (Å²) >= 11 is 1.70. The van der Waals surface area contributed by atoms with Gasteiger partial charge >= 0.3 is 0 Å². The molecule has 4 rings (SSSR count). The van der Waals surface area contributed by atoms with Gasteiger partial charge in [-0.1, -0.05) is 12.1 Å². The summed E-state index contributed by atoms with van der Waals surface area (Å²) in [6.07, 6.45) is 0. The van der Waals surface area contributed by atoms with Crippen LogP contribution >= 0.6 is 11.8 Å². The second-order valence-corrected chi connectivity index (χ2v) is 8.33. The molecule has 2 aromatic carbocycles. The first-order valence-electron chi connectivity index (χ1n) is 10.2. The summed E-state index contributed by atoms with van der Waals surface area (Å²) in [4.78, 5) is 25.6. The Hall–Kier alpha value is -3.53. The SMILES string of the molecule is COc1ccc(C(=O)Nc2c3c(nn2CC(=O)NCc2ccc(F)cc2)CSC3)c(OC)c1. The lowest BCUT2D eigenvalue weighted by atomic mass is 10.1. The molecule has 0 atom stereocenters. The smallest absolute Gasteiger partial charge is 0.260 e. The van der Waals surface area contributed by atoms with Gasteiger partial charge in [0.1, 0.15) is 29.7 Å². The molecule has 33 heavy (non-hydrogen) atoms. The van der Waals surface area contributed by atoms with E-state index < -0.39 is 0 Å². The number of carbonyl (C=O) groups is 2. The number of anilines is 1. The lowest BCUT2D eigenvalue weighted by Gasteiger charge is -2.13. The van der Waals surface area contributed by atoms with Crippen molar-refractivity contribution in [2.45, 2.75) is 24.6 Å². The van der Waals surface area contributed by atoms with Crippen molar-refractivity contribution in [2.24, 2.45) is 0 Å². The normalized spacial score (nSPS) is 12.2. The van der Waals surface area contributed by atoms with Crippen molar-refractivity contribution < 1.29 is 23.5 Å². The van der Waals surface area contributed by atoms with E-state index in [4.69, 9.17) is 9.47 Å². The molecule has 0 fully saturated rings. The first kappa shape index (κ1) is 22.7. The maximum absolute atomic E-state index is 13.1. The van der Waals surface area contributed by atoms with Crippen LogP contribution in [0, 0.1) is 5.82 Å². The first-order chi connectivity index (χ1) is 16.0. The summed E-state index contributed by atoms with van der Waals surface area (Å²) in [6, 6.07) is 10.9. The van der Waals surface area contributed by atoms with Gasteiger partial charge in [0.25, 0.3) is 5.91 Å². The van der Waals surface area contributed by atoms with Gasteiger partial charge in [0.05, 0.1) is 25.5 Å². The zero-order valence-corrected chi connectivity index (χ0v) is 19.0. The van der Waals surface area contributed by atoms with Crippen LogP contribution < -0.4 is 20.1 Å². The second-order valence-electron chi connectivity index (χ2n) is 7.35. The number of fused-ring (bicyclic) bond motifs is 1. The minimum absolute atomic E-state index is 0.0613. The van der Waals surface area contributed by atoms with Gasteiger partial charge in [0.15, 0.2) is 0 Å². The molecule has 2 heterocycles. The molecule has 3 aromatic rings. The van der Waals surface area contributed by atoms with Crippen LogP contribution in [0.25, 0.3) is 0 Å². The zero-order valence-electron chi connectivity index (χ0n) is 18.2. The van der Waals surface area contributed by atoms with E-state index >= 15 is 0 Å². The summed E-state index contributed by atoms with van der Waals surface area (Å²) in [6.45, 7) is 0.203. The lowest BCUT2D eigenvalue weighted by molar-refractivity contribution is -0.122. The quantitative estimate of drug-likeness (QED) is 0.524. The Morgan fingerprint density at radius 1 is 1.12 bits per heavy atom. The molecule has 8 nitrogen and oxygen atoms in total. The van der Waals surface area contributed by atoms with Gasteiger partial charge < -0.3 is 20.1 Å². The highest BCUT2D eigenvalue weighted by Gasteiger charge is 2.26. The fourth-order valence-corrected chi connectivity index (χ4v) is 4.51. The van der Waals surface area contributed by atoms with E-state index in [1.54, 1.807) is 42.1 Å². The van der Waals surface area contributed by atoms with Gasteiger partial charge in [-0.2, -0.15) is 16.9 Å². The number of benzene rings is 2. The minimum Gasteiger partial charge on any atom is -0.497 e. The van der Waals surface area contributed by atoms with Crippen LogP contribution in [-0.2, 0) is 29.4 Å². The number of aromatic nitrogens is 2. The monoisotopic (exact) mass is 470 g/mol. The van der Waals surface area contributed by atoms with E-state index in [9.17, 15) is 14.0 Å². The molecule has 0 saturated carbocycles. The largest absolute Gasteiger partial charge is 0.497 e. The number of methoxy groups -OCH3 is 2. The van der Waals surface area contributed by atoms with Gasteiger partial charge in [-0.05, 0) is 29.8 Å². The Kier molecular flexibility index (Phi) is 6.83. The highest BCUT2D eigenvalue weighted by molar-refractivity contribution is 7.98. The van der Waals surface area contributed by atoms with Crippen molar-refractivity contribution in [3.05, 3.63) is 70.7 Å². The van der Waals surface area contributed by atoms with E-state index in [-0.39, 0.29) is 30.7 Å². The summed E-state index contributed by atoms with van der Waals surface area (Å²) in [5, 5.41) is 10.2. The van der Waals surface area contributed by atoms with Gasteiger partial charge in [-0.15, -0.1) is 0 Å². The fourth-order valence-electron chi connectivity index (χ4n) is 3.48. The number of halogens is 1. The van der Waals surface area contributed by atoms with Gasteiger partial charge in [-0.3, -0.25) is 9.59 Å². The van der Waals surface area contributed by atoms with Crippen molar-refractivity contribution in [3.8, 4) is 11.5 Å². The number of rotatable bonds is 8. The first-order valence-corrected chi connectivity index (χ1v) is 11.3. The lowest BCUT2D eigenvalue weighted by Crippen LogP contribution is -2.29. The molecule has 2 amide bonds. The summed E-state index contributed by atoms with van der Waals surface area (Å²) in [5.41, 5.74) is 2.88. The summed E-state index contributed by atoms with van der Waals surface area (Å²) in [5.74, 6) is 1.88. The minimum atomic E-state index is -0.373. The summed E-state index contributed by atoms with van der Waals surface area (Å²) in [7, 11) is 3.02. The van der Waals surface area contributed by atoms with Crippen LogP contribution in [0.1, 0.15) is 27.2 Å². The number of thioether (sulfide) groups is 1. The Balaban J connectivity index is 1.50. The van der Waals surface area contributed by atoms with Crippen molar-refractivity contribution in [3.63, 3.8) is 0 Å². The molecule has 0 unspecified atom stereocenters. The molecule has 172 valence electrons. The molecule has 0 aliphatic carbocycles. The number of carbonyl (C=O) groups excluding carboxylic acids is 2. The molecular formula is C23H23FN4O4S.